The largest absolute Gasteiger partial charge is 0.472 e. The van der Waals surface area contributed by atoms with Crippen LogP contribution in [0.3, 0.4) is 0 Å². The number of rotatable bonds is 1. The van der Waals surface area contributed by atoms with Crippen molar-refractivity contribution in [2.75, 3.05) is 5.73 Å². The van der Waals surface area contributed by atoms with Gasteiger partial charge in [-0.25, -0.2) is 4.98 Å². The van der Waals surface area contributed by atoms with Crippen LogP contribution >= 0.6 is 0 Å². The number of hydrogen-bond donors (Lipinski definition) is 1. The van der Waals surface area contributed by atoms with Gasteiger partial charge in [0.2, 0.25) is 0 Å². The molecule has 0 aromatic carbocycles. The molecule has 2 rings (SSSR count). The van der Waals surface area contributed by atoms with Gasteiger partial charge in [0.25, 0.3) is 0 Å². The summed E-state index contributed by atoms with van der Waals surface area (Å²) >= 11 is 0. The van der Waals surface area contributed by atoms with Crippen molar-refractivity contribution in [2.45, 2.75) is 6.92 Å². The van der Waals surface area contributed by atoms with Gasteiger partial charge in [0, 0.05) is 11.3 Å². The summed E-state index contributed by atoms with van der Waals surface area (Å²) in [6.07, 6.45) is 3.33. The van der Waals surface area contributed by atoms with Crippen LogP contribution in [0.15, 0.2) is 35.1 Å². The van der Waals surface area contributed by atoms with Gasteiger partial charge in [0.05, 0.1) is 12.5 Å². The first kappa shape index (κ1) is 7.86. The lowest BCUT2D eigenvalue weighted by atomic mass is 10.1. The van der Waals surface area contributed by atoms with Crippen molar-refractivity contribution >= 4 is 5.82 Å². The Morgan fingerprint density at radius 3 is 2.77 bits per heavy atom. The molecule has 2 aromatic heterocycles. The minimum atomic E-state index is 0.538. The molecule has 0 radical (unpaired) electrons. The van der Waals surface area contributed by atoms with Crippen LogP contribution in [0.5, 0.6) is 0 Å². The fraction of sp³-hybridized carbons (Fsp3) is 0.100. The lowest BCUT2D eigenvalue weighted by molar-refractivity contribution is 0.568. The molecular weight excluding hydrogens is 164 g/mol. The molecule has 0 aliphatic carbocycles. The van der Waals surface area contributed by atoms with Crippen molar-refractivity contribution in [1.29, 1.82) is 0 Å². The van der Waals surface area contributed by atoms with Gasteiger partial charge in [-0.3, -0.25) is 0 Å². The molecule has 2 N–H and O–H groups in total. The third-order valence-electron chi connectivity index (χ3n) is 1.83. The average molecular weight is 174 g/mol. The number of nitrogens with two attached hydrogens (primary N) is 1. The van der Waals surface area contributed by atoms with Crippen molar-refractivity contribution in [3.05, 3.63) is 36.4 Å². The van der Waals surface area contributed by atoms with Gasteiger partial charge in [-0.2, -0.15) is 0 Å². The van der Waals surface area contributed by atoms with Gasteiger partial charge < -0.3 is 10.2 Å². The highest BCUT2D eigenvalue weighted by Gasteiger charge is 2.01. The van der Waals surface area contributed by atoms with Crippen LogP contribution in [0.1, 0.15) is 5.69 Å². The quantitative estimate of drug-likeness (QED) is 0.721. The van der Waals surface area contributed by atoms with Gasteiger partial charge in [0.15, 0.2) is 0 Å². The molecule has 0 unspecified atom stereocenters. The summed E-state index contributed by atoms with van der Waals surface area (Å²) in [5.41, 5.74) is 8.60. The molecule has 0 bridgehead atoms. The summed E-state index contributed by atoms with van der Waals surface area (Å²) in [4.78, 5) is 4.09. The highest BCUT2D eigenvalue weighted by atomic mass is 16.3. The van der Waals surface area contributed by atoms with Crippen molar-refractivity contribution in [1.82, 2.24) is 4.98 Å². The first-order chi connectivity index (χ1) is 6.25. The zero-order chi connectivity index (χ0) is 9.26. The lowest BCUT2D eigenvalue weighted by Gasteiger charge is -2.00. The Balaban J connectivity index is 2.53. The molecule has 3 nitrogen and oxygen atoms in total. The summed E-state index contributed by atoms with van der Waals surface area (Å²) in [5, 5.41) is 0. The fourth-order valence-electron chi connectivity index (χ4n) is 1.29. The zero-order valence-electron chi connectivity index (χ0n) is 7.32. The van der Waals surface area contributed by atoms with E-state index in [4.69, 9.17) is 10.2 Å². The molecule has 0 aliphatic rings. The van der Waals surface area contributed by atoms with Gasteiger partial charge in [-0.15, -0.1) is 0 Å². The molecule has 13 heavy (non-hydrogen) atoms. The monoisotopic (exact) mass is 174 g/mol. The second-order valence-electron chi connectivity index (χ2n) is 2.93. The normalized spacial score (nSPS) is 10.2. The highest BCUT2D eigenvalue weighted by Crippen LogP contribution is 2.21. The second kappa shape index (κ2) is 2.94. The van der Waals surface area contributed by atoms with E-state index in [2.05, 4.69) is 4.98 Å². The Kier molecular flexibility index (Phi) is 1.77. The topological polar surface area (TPSA) is 52.0 Å². The minimum Gasteiger partial charge on any atom is -0.472 e. The number of nitrogen functional groups attached to an aromatic ring is 1. The number of furan rings is 1. The maximum Gasteiger partial charge on any atom is 0.124 e. The summed E-state index contributed by atoms with van der Waals surface area (Å²) in [7, 11) is 0. The number of aromatic nitrogens is 1. The van der Waals surface area contributed by atoms with Crippen LogP contribution in [-0.4, -0.2) is 4.98 Å². The maximum atomic E-state index is 5.62. The Morgan fingerprint density at radius 1 is 1.31 bits per heavy atom. The van der Waals surface area contributed by atoms with E-state index in [1.54, 1.807) is 12.5 Å². The molecular formula is C10H10N2O. The van der Waals surface area contributed by atoms with Gasteiger partial charge >= 0.3 is 0 Å². The van der Waals surface area contributed by atoms with Gasteiger partial charge in [-0.1, -0.05) is 0 Å². The maximum absolute atomic E-state index is 5.62. The molecule has 2 heterocycles. The molecule has 0 atom stereocenters. The van der Waals surface area contributed by atoms with Crippen LogP contribution in [0.2, 0.25) is 0 Å². The van der Waals surface area contributed by atoms with Gasteiger partial charge in [-0.05, 0) is 30.7 Å². The van der Waals surface area contributed by atoms with E-state index in [9.17, 15) is 0 Å². The number of hydrogen-bond acceptors (Lipinski definition) is 3. The van der Waals surface area contributed by atoms with Crippen molar-refractivity contribution in [3.8, 4) is 11.1 Å². The Labute approximate surface area is 76.2 Å². The number of pyridine rings is 1. The van der Waals surface area contributed by atoms with Crippen LogP contribution in [0.4, 0.5) is 5.82 Å². The van der Waals surface area contributed by atoms with Crippen LogP contribution in [0, 0.1) is 6.92 Å². The highest BCUT2D eigenvalue weighted by molar-refractivity contribution is 5.65. The number of aryl methyl sites for hydroxylation is 1. The van der Waals surface area contributed by atoms with Crippen LogP contribution in [0.25, 0.3) is 11.1 Å². The number of nitrogens with zero attached hydrogens (tertiary/aromatic N) is 1. The minimum absolute atomic E-state index is 0.538. The van der Waals surface area contributed by atoms with Crippen LogP contribution < -0.4 is 5.73 Å². The third-order valence-corrected chi connectivity index (χ3v) is 1.83. The fourth-order valence-corrected chi connectivity index (χ4v) is 1.29. The summed E-state index contributed by atoms with van der Waals surface area (Å²) in [5.74, 6) is 0.538. The van der Waals surface area contributed by atoms with Crippen molar-refractivity contribution in [2.24, 2.45) is 0 Å². The third kappa shape index (κ3) is 1.54. The molecule has 0 fully saturated rings. The Hall–Kier alpha value is -1.77. The smallest absolute Gasteiger partial charge is 0.124 e. The van der Waals surface area contributed by atoms with E-state index in [0.717, 1.165) is 16.8 Å². The second-order valence-corrected chi connectivity index (χ2v) is 2.93. The number of anilines is 1. The SMILES string of the molecule is Cc1cc(-c2ccoc2)cc(N)n1. The lowest BCUT2D eigenvalue weighted by Crippen LogP contribution is -1.92. The Morgan fingerprint density at radius 2 is 2.15 bits per heavy atom. The molecule has 0 saturated heterocycles. The van der Waals surface area contributed by atoms with Gasteiger partial charge in [0.1, 0.15) is 5.82 Å². The summed E-state index contributed by atoms with van der Waals surface area (Å²) in [6, 6.07) is 5.70. The first-order valence-corrected chi connectivity index (χ1v) is 4.02. The molecule has 0 aliphatic heterocycles. The van der Waals surface area contributed by atoms with E-state index >= 15 is 0 Å². The molecule has 0 amide bonds. The molecule has 2 aromatic rings. The van der Waals surface area contributed by atoms with E-state index in [1.165, 1.54) is 0 Å². The predicted molar refractivity (Wildman–Crippen MR) is 51.1 cm³/mol. The Bertz CT molecular complexity index is 387. The average Bonchev–Trinajstić information content (AvgIpc) is 2.53. The predicted octanol–water partition coefficient (Wildman–Crippen LogP) is 2.23. The van der Waals surface area contributed by atoms with Crippen LogP contribution in [-0.2, 0) is 0 Å². The molecule has 66 valence electrons. The first-order valence-electron chi connectivity index (χ1n) is 4.02. The molecule has 3 heteroatoms. The molecule has 0 saturated carbocycles. The standard InChI is InChI=1S/C10H10N2O/c1-7-4-9(5-10(11)12-7)8-2-3-13-6-8/h2-6H,1H3,(H2,11,12). The zero-order valence-corrected chi connectivity index (χ0v) is 7.32. The summed E-state index contributed by atoms with van der Waals surface area (Å²) < 4.78 is 4.99. The van der Waals surface area contributed by atoms with E-state index in [1.807, 2.05) is 25.1 Å². The van der Waals surface area contributed by atoms with E-state index < -0.39 is 0 Å². The van der Waals surface area contributed by atoms with Crippen molar-refractivity contribution in [3.63, 3.8) is 0 Å². The van der Waals surface area contributed by atoms with Crippen molar-refractivity contribution < 1.29 is 4.42 Å². The van der Waals surface area contributed by atoms with E-state index in [0.29, 0.717) is 5.82 Å². The van der Waals surface area contributed by atoms with E-state index in [-0.39, 0.29) is 0 Å². The molecule has 0 spiro atoms. The summed E-state index contributed by atoms with van der Waals surface area (Å²) in [6.45, 7) is 1.92.